The average molecular weight is 446 g/mol. The summed E-state index contributed by atoms with van der Waals surface area (Å²) >= 11 is 1.31. The van der Waals surface area contributed by atoms with E-state index in [1.165, 1.54) is 18.7 Å². The Balaban J connectivity index is 1.66. The number of hydrogen-bond acceptors (Lipinski definition) is 8. The highest BCUT2D eigenvalue weighted by molar-refractivity contribution is 7.98. The van der Waals surface area contributed by atoms with Crippen LogP contribution in [0.2, 0.25) is 0 Å². The van der Waals surface area contributed by atoms with Crippen molar-refractivity contribution >= 4 is 29.6 Å². The standard InChI is InChI=1S/C22H27N3O5S/c1-4-29-21(27)15-7-9-25(10-8-15)20(26)13(2)30-22(28)16-11-18(14-5-6-14)24-19(31-3)17(16)12-23/h11,13-15H,4-10H2,1-3H3/t13-/m1/s1. The number of thioether (sulfide) groups is 1. The van der Waals surface area contributed by atoms with Crippen molar-refractivity contribution in [3.8, 4) is 6.07 Å². The van der Waals surface area contributed by atoms with E-state index in [9.17, 15) is 19.6 Å². The second-order valence-electron chi connectivity index (χ2n) is 7.76. The highest BCUT2D eigenvalue weighted by Gasteiger charge is 2.33. The minimum absolute atomic E-state index is 0.157. The van der Waals surface area contributed by atoms with E-state index >= 15 is 0 Å². The van der Waals surface area contributed by atoms with Crippen LogP contribution in [0.5, 0.6) is 0 Å². The fourth-order valence-electron chi connectivity index (χ4n) is 3.67. The molecular weight excluding hydrogens is 418 g/mol. The fourth-order valence-corrected chi connectivity index (χ4v) is 4.23. The second-order valence-corrected chi connectivity index (χ2v) is 8.56. The third-order valence-electron chi connectivity index (χ3n) is 5.58. The molecule has 1 aliphatic heterocycles. The van der Waals surface area contributed by atoms with Crippen molar-refractivity contribution in [1.82, 2.24) is 9.88 Å². The Morgan fingerprint density at radius 2 is 1.97 bits per heavy atom. The van der Waals surface area contributed by atoms with E-state index < -0.39 is 12.1 Å². The van der Waals surface area contributed by atoms with Crippen molar-refractivity contribution < 1.29 is 23.9 Å². The van der Waals surface area contributed by atoms with Gasteiger partial charge in [0.2, 0.25) is 0 Å². The summed E-state index contributed by atoms with van der Waals surface area (Å²) in [7, 11) is 0. The Hall–Kier alpha value is -2.60. The van der Waals surface area contributed by atoms with Crippen molar-refractivity contribution in [2.75, 3.05) is 26.0 Å². The number of esters is 2. The quantitative estimate of drug-likeness (QED) is 0.465. The molecule has 8 nitrogen and oxygen atoms in total. The number of aromatic nitrogens is 1. The lowest BCUT2D eigenvalue weighted by Gasteiger charge is -2.32. The van der Waals surface area contributed by atoms with Gasteiger partial charge in [-0.1, -0.05) is 0 Å². The van der Waals surface area contributed by atoms with Gasteiger partial charge in [-0.3, -0.25) is 9.59 Å². The zero-order valence-corrected chi connectivity index (χ0v) is 18.9. The first-order valence-electron chi connectivity index (χ1n) is 10.5. The topological polar surface area (TPSA) is 110 Å². The first-order chi connectivity index (χ1) is 14.9. The number of pyridine rings is 1. The van der Waals surface area contributed by atoms with Crippen LogP contribution in [0, 0.1) is 17.2 Å². The number of nitriles is 1. The van der Waals surface area contributed by atoms with E-state index in [2.05, 4.69) is 11.1 Å². The summed E-state index contributed by atoms with van der Waals surface area (Å²) in [5.74, 6) is -1.13. The fraction of sp³-hybridized carbons (Fsp3) is 0.591. The number of carbonyl (C=O) groups excluding carboxylic acids is 3. The predicted molar refractivity (Wildman–Crippen MR) is 114 cm³/mol. The molecule has 1 saturated carbocycles. The van der Waals surface area contributed by atoms with Gasteiger partial charge in [-0.25, -0.2) is 9.78 Å². The molecule has 1 saturated heterocycles. The van der Waals surface area contributed by atoms with Gasteiger partial charge in [-0.2, -0.15) is 5.26 Å². The molecule has 1 aliphatic carbocycles. The summed E-state index contributed by atoms with van der Waals surface area (Å²) in [6.07, 6.45) is 3.89. The normalized spacial score (nSPS) is 17.5. The van der Waals surface area contributed by atoms with Crippen LogP contribution in [0.3, 0.4) is 0 Å². The molecule has 9 heteroatoms. The number of carbonyl (C=O) groups is 3. The molecule has 2 fully saturated rings. The van der Waals surface area contributed by atoms with Crippen LogP contribution >= 0.6 is 11.8 Å². The number of hydrogen-bond donors (Lipinski definition) is 0. The van der Waals surface area contributed by atoms with Gasteiger partial charge in [0.25, 0.3) is 5.91 Å². The smallest absolute Gasteiger partial charge is 0.340 e. The molecule has 166 valence electrons. The van der Waals surface area contributed by atoms with Gasteiger partial charge in [0.15, 0.2) is 6.10 Å². The maximum absolute atomic E-state index is 12.9. The summed E-state index contributed by atoms with van der Waals surface area (Å²) in [6.45, 7) is 4.45. The maximum Gasteiger partial charge on any atom is 0.340 e. The largest absolute Gasteiger partial charge is 0.466 e. The van der Waals surface area contributed by atoms with Crippen LogP contribution in [-0.4, -0.2) is 59.8 Å². The van der Waals surface area contributed by atoms with Crippen LogP contribution in [0.15, 0.2) is 11.1 Å². The van der Waals surface area contributed by atoms with Gasteiger partial charge < -0.3 is 14.4 Å². The van der Waals surface area contributed by atoms with Crippen LogP contribution < -0.4 is 0 Å². The second kappa shape index (κ2) is 10.1. The zero-order valence-electron chi connectivity index (χ0n) is 18.1. The highest BCUT2D eigenvalue weighted by Crippen LogP contribution is 2.40. The molecule has 0 bridgehead atoms. The molecule has 0 spiro atoms. The molecule has 1 aromatic heterocycles. The zero-order chi connectivity index (χ0) is 22.5. The Bertz CT molecular complexity index is 901. The van der Waals surface area contributed by atoms with Gasteiger partial charge in [0.05, 0.1) is 23.7 Å². The van der Waals surface area contributed by atoms with E-state index in [4.69, 9.17) is 9.47 Å². The molecular formula is C22H27N3O5S. The molecule has 1 amide bonds. The Morgan fingerprint density at radius 1 is 1.29 bits per heavy atom. The highest BCUT2D eigenvalue weighted by atomic mass is 32.2. The number of rotatable bonds is 7. The number of amides is 1. The van der Waals surface area contributed by atoms with Crippen molar-refractivity contribution in [2.24, 2.45) is 5.92 Å². The molecule has 0 unspecified atom stereocenters. The van der Waals surface area contributed by atoms with Gasteiger partial charge >= 0.3 is 11.9 Å². The molecule has 2 heterocycles. The third-order valence-corrected chi connectivity index (χ3v) is 6.27. The molecule has 1 aromatic rings. The first-order valence-corrected chi connectivity index (χ1v) is 11.8. The van der Waals surface area contributed by atoms with E-state index in [0.29, 0.717) is 43.5 Å². The lowest BCUT2D eigenvalue weighted by Crippen LogP contribution is -2.45. The Kier molecular flexibility index (Phi) is 7.55. The Morgan fingerprint density at radius 3 is 2.52 bits per heavy atom. The molecule has 31 heavy (non-hydrogen) atoms. The van der Waals surface area contributed by atoms with Gasteiger partial charge in [-0.05, 0) is 51.9 Å². The molecule has 1 atom stereocenters. The molecule has 2 aliphatic rings. The maximum atomic E-state index is 12.9. The number of ether oxygens (including phenoxy) is 2. The van der Waals surface area contributed by atoms with Gasteiger partial charge in [0.1, 0.15) is 11.1 Å². The Labute approximate surface area is 186 Å². The summed E-state index contributed by atoms with van der Waals surface area (Å²) in [5, 5.41) is 10.1. The van der Waals surface area contributed by atoms with E-state index in [0.717, 1.165) is 18.5 Å². The summed E-state index contributed by atoms with van der Waals surface area (Å²) in [6, 6.07) is 3.68. The van der Waals surface area contributed by atoms with Gasteiger partial charge in [-0.15, -0.1) is 11.8 Å². The van der Waals surface area contributed by atoms with Crippen LogP contribution in [-0.2, 0) is 19.1 Å². The minimum atomic E-state index is -0.992. The number of likely N-dealkylation sites (tertiary alicyclic amines) is 1. The summed E-state index contributed by atoms with van der Waals surface area (Å²) < 4.78 is 10.5. The molecule has 0 radical (unpaired) electrons. The minimum Gasteiger partial charge on any atom is -0.466 e. The van der Waals surface area contributed by atoms with Crippen molar-refractivity contribution in [2.45, 2.75) is 56.6 Å². The van der Waals surface area contributed by atoms with Crippen LogP contribution in [0.1, 0.15) is 67.1 Å². The van der Waals surface area contributed by atoms with Crippen molar-refractivity contribution in [3.63, 3.8) is 0 Å². The van der Waals surface area contributed by atoms with Crippen molar-refractivity contribution in [3.05, 3.63) is 22.9 Å². The summed E-state index contributed by atoms with van der Waals surface area (Å²) in [4.78, 5) is 43.6. The van der Waals surface area contributed by atoms with Crippen molar-refractivity contribution in [1.29, 1.82) is 5.26 Å². The van der Waals surface area contributed by atoms with E-state index in [1.807, 2.05) is 0 Å². The monoisotopic (exact) mass is 445 g/mol. The van der Waals surface area contributed by atoms with Crippen LogP contribution in [0.4, 0.5) is 0 Å². The number of nitrogens with zero attached hydrogens (tertiary/aromatic N) is 3. The molecule has 0 N–H and O–H groups in total. The molecule has 0 aromatic carbocycles. The summed E-state index contributed by atoms with van der Waals surface area (Å²) in [5.41, 5.74) is 1.12. The first kappa shape index (κ1) is 23.1. The van der Waals surface area contributed by atoms with E-state index in [-0.39, 0.29) is 28.9 Å². The predicted octanol–water partition coefficient (Wildman–Crippen LogP) is 2.90. The molecule has 3 rings (SSSR count). The third kappa shape index (κ3) is 5.37. The average Bonchev–Trinajstić information content (AvgIpc) is 3.63. The lowest BCUT2D eigenvalue weighted by molar-refractivity contribution is -0.152. The van der Waals surface area contributed by atoms with Gasteiger partial charge in [0, 0.05) is 24.7 Å². The SMILES string of the molecule is CCOC(=O)C1CCN(C(=O)[C@@H](C)OC(=O)c2cc(C3CC3)nc(SC)c2C#N)CC1. The van der Waals surface area contributed by atoms with E-state index in [1.54, 1.807) is 24.1 Å². The van der Waals surface area contributed by atoms with Crippen LogP contribution in [0.25, 0.3) is 0 Å². The lowest BCUT2D eigenvalue weighted by atomic mass is 9.96. The number of piperidine rings is 1.